The van der Waals surface area contributed by atoms with Crippen LogP contribution in [0.2, 0.25) is 0 Å². The molecule has 0 aliphatic heterocycles. The Morgan fingerprint density at radius 3 is 2.47 bits per heavy atom. The molecule has 1 fully saturated rings. The summed E-state index contributed by atoms with van der Waals surface area (Å²) in [5, 5.41) is 3.72. The first-order valence-electron chi connectivity index (χ1n) is 6.82. The van der Waals surface area contributed by atoms with Gasteiger partial charge in [0.05, 0.1) is 0 Å². The summed E-state index contributed by atoms with van der Waals surface area (Å²) >= 11 is 6.17. The van der Waals surface area contributed by atoms with Gasteiger partial charge in [0.2, 0.25) is 0 Å². The standard InChI is InChI=1S/C16H20ClNO/c1-13(17)16(9-5-6-10-16)11-12-18-15(19)14-7-3-2-4-8-14/h2-4,7-8H,1,5-6,9-12H2,(H,18,19). The summed E-state index contributed by atoms with van der Waals surface area (Å²) in [6, 6.07) is 9.28. The van der Waals surface area contributed by atoms with E-state index in [-0.39, 0.29) is 11.3 Å². The molecule has 102 valence electrons. The Kier molecular flexibility index (Phi) is 4.65. The average molecular weight is 278 g/mol. The number of carbonyl (C=O) groups excluding carboxylic acids is 1. The van der Waals surface area contributed by atoms with Crippen LogP contribution in [0, 0.1) is 5.41 Å². The highest BCUT2D eigenvalue weighted by atomic mass is 35.5. The fourth-order valence-electron chi connectivity index (χ4n) is 2.82. The van der Waals surface area contributed by atoms with Gasteiger partial charge in [0.15, 0.2) is 0 Å². The van der Waals surface area contributed by atoms with Crippen molar-refractivity contribution >= 4 is 17.5 Å². The van der Waals surface area contributed by atoms with Gasteiger partial charge in [-0.25, -0.2) is 0 Å². The molecular formula is C16H20ClNO. The lowest BCUT2D eigenvalue weighted by Crippen LogP contribution is -2.29. The maximum Gasteiger partial charge on any atom is 0.251 e. The fraction of sp³-hybridized carbons (Fsp3) is 0.438. The number of allylic oxidation sites excluding steroid dienone is 1. The van der Waals surface area contributed by atoms with E-state index in [0.717, 1.165) is 24.3 Å². The summed E-state index contributed by atoms with van der Waals surface area (Å²) in [5.41, 5.74) is 0.735. The topological polar surface area (TPSA) is 29.1 Å². The van der Waals surface area contributed by atoms with Crippen LogP contribution in [0.5, 0.6) is 0 Å². The zero-order valence-corrected chi connectivity index (χ0v) is 11.9. The van der Waals surface area contributed by atoms with Crippen LogP contribution in [0.4, 0.5) is 0 Å². The largest absolute Gasteiger partial charge is 0.352 e. The van der Waals surface area contributed by atoms with Crippen LogP contribution >= 0.6 is 11.6 Å². The third-order valence-corrected chi connectivity index (χ3v) is 4.46. The lowest BCUT2D eigenvalue weighted by molar-refractivity contribution is 0.0949. The lowest BCUT2D eigenvalue weighted by Gasteiger charge is -2.28. The maximum absolute atomic E-state index is 11.9. The Hall–Kier alpha value is -1.28. The first kappa shape index (κ1) is 14.1. The highest BCUT2D eigenvalue weighted by molar-refractivity contribution is 6.30. The van der Waals surface area contributed by atoms with E-state index >= 15 is 0 Å². The van der Waals surface area contributed by atoms with Crippen molar-refractivity contribution in [3.63, 3.8) is 0 Å². The number of hydrogen-bond donors (Lipinski definition) is 1. The van der Waals surface area contributed by atoms with Crippen LogP contribution in [0.1, 0.15) is 42.5 Å². The van der Waals surface area contributed by atoms with E-state index in [4.69, 9.17) is 11.6 Å². The second-order valence-electron chi connectivity index (χ2n) is 5.26. The van der Waals surface area contributed by atoms with Gasteiger partial charge in [-0.1, -0.05) is 49.2 Å². The van der Waals surface area contributed by atoms with Crippen LogP contribution in [-0.4, -0.2) is 12.5 Å². The second-order valence-corrected chi connectivity index (χ2v) is 5.72. The maximum atomic E-state index is 11.9. The molecule has 3 heteroatoms. The number of halogens is 1. The van der Waals surface area contributed by atoms with Gasteiger partial charge in [-0.3, -0.25) is 4.79 Å². The third-order valence-electron chi connectivity index (χ3n) is 4.06. The van der Waals surface area contributed by atoms with Crippen LogP contribution in [-0.2, 0) is 0 Å². The van der Waals surface area contributed by atoms with Crippen LogP contribution in [0.3, 0.4) is 0 Å². The van der Waals surface area contributed by atoms with E-state index < -0.39 is 0 Å². The highest BCUT2D eigenvalue weighted by Crippen LogP contribution is 2.47. The molecule has 2 nitrogen and oxygen atoms in total. The minimum absolute atomic E-state index is 0.0195. The van der Waals surface area contributed by atoms with Gasteiger partial charge >= 0.3 is 0 Å². The lowest BCUT2D eigenvalue weighted by atomic mass is 9.82. The van der Waals surface area contributed by atoms with E-state index in [0.29, 0.717) is 12.1 Å². The number of hydrogen-bond acceptors (Lipinski definition) is 1. The van der Waals surface area contributed by atoms with Gasteiger partial charge in [0.25, 0.3) is 5.91 Å². The molecule has 0 heterocycles. The second kappa shape index (κ2) is 6.25. The Morgan fingerprint density at radius 1 is 1.26 bits per heavy atom. The van der Waals surface area contributed by atoms with Gasteiger partial charge < -0.3 is 5.32 Å². The predicted octanol–water partition coefficient (Wildman–Crippen LogP) is 4.12. The van der Waals surface area contributed by atoms with E-state index in [1.54, 1.807) is 0 Å². The molecule has 1 aromatic rings. The third kappa shape index (κ3) is 3.38. The summed E-state index contributed by atoms with van der Waals surface area (Å²) in [7, 11) is 0. The summed E-state index contributed by atoms with van der Waals surface area (Å²) < 4.78 is 0. The molecule has 0 aromatic heterocycles. The van der Waals surface area contributed by atoms with Gasteiger partial charge in [-0.05, 0) is 31.4 Å². The molecular weight excluding hydrogens is 258 g/mol. The Balaban J connectivity index is 1.86. The van der Waals surface area contributed by atoms with Crippen molar-refractivity contribution in [3.8, 4) is 0 Å². The van der Waals surface area contributed by atoms with Crippen molar-refractivity contribution < 1.29 is 4.79 Å². The summed E-state index contributed by atoms with van der Waals surface area (Å²) in [6.07, 6.45) is 5.48. The smallest absolute Gasteiger partial charge is 0.251 e. The molecule has 1 aromatic carbocycles. The molecule has 2 rings (SSSR count). The zero-order chi connectivity index (χ0) is 13.7. The molecule has 1 amide bonds. The van der Waals surface area contributed by atoms with Gasteiger partial charge in [-0.15, -0.1) is 0 Å². The van der Waals surface area contributed by atoms with Gasteiger partial charge in [0, 0.05) is 22.6 Å². The summed E-state index contributed by atoms with van der Waals surface area (Å²) in [6.45, 7) is 4.57. The van der Waals surface area contributed by atoms with Crippen molar-refractivity contribution in [2.24, 2.45) is 5.41 Å². The summed E-state index contributed by atoms with van der Waals surface area (Å²) in [4.78, 5) is 11.9. The SMILES string of the molecule is C=C(Cl)C1(CCNC(=O)c2ccccc2)CCCC1. The minimum Gasteiger partial charge on any atom is -0.352 e. The van der Waals surface area contributed by atoms with E-state index in [2.05, 4.69) is 11.9 Å². The van der Waals surface area contributed by atoms with E-state index in [1.807, 2.05) is 30.3 Å². The monoisotopic (exact) mass is 277 g/mol. The van der Waals surface area contributed by atoms with Crippen molar-refractivity contribution in [2.45, 2.75) is 32.1 Å². The van der Waals surface area contributed by atoms with Crippen LogP contribution in [0.15, 0.2) is 41.9 Å². The molecule has 0 unspecified atom stereocenters. The molecule has 1 saturated carbocycles. The highest BCUT2D eigenvalue weighted by Gasteiger charge is 2.35. The predicted molar refractivity (Wildman–Crippen MR) is 79.3 cm³/mol. The number of carbonyl (C=O) groups is 1. The van der Waals surface area contributed by atoms with Crippen LogP contribution < -0.4 is 5.32 Å². The normalized spacial score (nSPS) is 17.1. The molecule has 0 bridgehead atoms. The van der Waals surface area contributed by atoms with Crippen molar-refractivity contribution in [2.75, 3.05) is 6.54 Å². The molecule has 0 spiro atoms. The molecule has 0 radical (unpaired) electrons. The molecule has 0 atom stereocenters. The molecule has 0 saturated heterocycles. The van der Waals surface area contributed by atoms with Crippen molar-refractivity contribution in [1.82, 2.24) is 5.32 Å². The number of rotatable bonds is 5. The fourth-order valence-corrected chi connectivity index (χ4v) is 3.10. The number of amides is 1. The van der Waals surface area contributed by atoms with Gasteiger partial charge in [-0.2, -0.15) is 0 Å². The first-order valence-corrected chi connectivity index (χ1v) is 7.20. The van der Waals surface area contributed by atoms with Crippen molar-refractivity contribution in [1.29, 1.82) is 0 Å². The van der Waals surface area contributed by atoms with E-state index in [9.17, 15) is 4.79 Å². The molecule has 1 aliphatic carbocycles. The Bertz CT molecular complexity index is 449. The van der Waals surface area contributed by atoms with Crippen LogP contribution in [0.25, 0.3) is 0 Å². The number of benzene rings is 1. The van der Waals surface area contributed by atoms with Gasteiger partial charge in [0.1, 0.15) is 0 Å². The van der Waals surface area contributed by atoms with Crippen molar-refractivity contribution in [3.05, 3.63) is 47.5 Å². The van der Waals surface area contributed by atoms with E-state index in [1.165, 1.54) is 12.8 Å². The zero-order valence-electron chi connectivity index (χ0n) is 11.1. The number of nitrogens with one attached hydrogen (secondary N) is 1. The Morgan fingerprint density at radius 2 is 1.89 bits per heavy atom. The molecule has 1 N–H and O–H groups in total. The Labute approximate surface area is 119 Å². The minimum atomic E-state index is -0.0195. The molecule has 19 heavy (non-hydrogen) atoms. The summed E-state index contributed by atoms with van der Waals surface area (Å²) in [5.74, 6) is -0.0195. The quantitative estimate of drug-likeness (QED) is 0.862. The first-order chi connectivity index (χ1) is 9.14. The average Bonchev–Trinajstić information content (AvgIpc) is 2.90. The molecule has 1 aliphatic rings.